The molecule has 0 bridgehead atoms. The number of thioether (sulfide) groups is 1. The molecule has 2 fully saturated rings. The lowest BCUT2D eigenvalue weighted by Gasteiger charge is -2.40. The van der Waals surface area contributed by atoms with Crippen LogP contribution in [0.2, 0.25) is 0 Å². The highest BCUT2D eigenvalue weighted by Crippen LogP contribution is 2.40. The number of likely N-dealkylation sites (N-methyl/N-ethyl adjacent to an activating group) is 1. The van der Waals surface area contributed by atoms with Crippen LogP contribution in [0.4, 0.5) is 0 Å². The highest BCUT2D eigenvalue weighted by atomic mass is 32.2. The first-order valence-electron chi connectivity index (χ1n) is 8.78. The molecule has 0 aromatic carbocycles. The van der Waals surface area contributed by atoms with Crippen molar-refractivity contribution in [1.29, 1.82) is 0 Å². The summed E-state index contributed by atoms with van der Waals surface area (Å²) in [6.45, 7) is 5.29. The lowest BCUT2D eigenvalue weighted by atomic mass is 9.81. The molecule has 21 heavy (non-hydrogen) atoms. The standard InChI is InChI=1S/C17H31NO2S/c1-3-18-17(16(19)20-4-2)12-8-11-15(13-17)21-14-9-6-5-7-10-14/h14-15,18H,3-13H2,1-2H3. The van der Waals surface area contributed by atoms with Crippen LogP contribution in [0.3, 0.4) is 0 Å². The summed E-state index contributed by atoms with van der Waals surface area (Å²) in [4.78, 5) is 12.5. The van der Waals surface area contributed by atoms with E-state index >= 15 is 0 Å². The summed E-state index contributed by atoms with van der Waals surface area (Å²) in [5.74, 6) is -0.0270. The Balaban J connectivity index is 1.96. The highest BCUT2D eigenvalue weighted by molar-refractivity contribution is 8.00. The molecule has 0 aromatic rings. The summed E-state index contributed by atoms with van der Waals surface area (Å²) in [5.41, 5.74) is -0.421. The smallest absolute Gasteiger partial charge is 0.326 e. The maximum absolute atomic E-state index is 12.5. The van der Waals surface area contributed by atoms with Crippen molar-refractivity contribution in [2.75, 3.05) is 13.2 Å². The zero-order valence-corrected chi connectivity index (χ0v) is 14.5. The predicted octanol–water partition coefficient (Wildman–Crippen LogP) is 3.91. The Bertz CT molecular complexity index is 327. The number of ether oxygens (including phenoxy) is 1. The average Bonchev–Trinajstić information content (AvgIpc) is 2.49. The maximum Gasteiger partial charge on any atom is 0.326 e. The number of hydrogen-bond acceptors (Lipinski definition) is 4. The van der Waals surface area contributed by atoms with Gasteiger partial charge >= 0.3 is 5.97 Å². The van der Waals surface area contributed by atoms with Gasteiger partial charge in [0.15, 0.2) is 0 Å². The Kier molecular flexibility index (Phi) is 6.87. The van der Waals surface area contributed by atoms with E-state index in [1.54, 1.807) is 0 Å². The van der Waals surface area contributed by atoms with E-state index in [1.807, 2.05) is 6.92 Å². The average molecular weight is 314 g/mol. The zero-order chi connectivity index (χ0) is 15.1. The molecular weight excluding hydrogens is 282 g/mol. The second kappa shape index (κ2) is 8.42. The molecule has 2 aliphatic rings. The Morgan fingerprint density at radius 2 is 1.86 bits per heavy atom. The van der Waals surface area contributed by atoms with E-state index < -0.39 is 5.54 Å². The van der Waals surface area contributed by atoms with Crippen LogP contribution in [0.5, 0.6) is 0 Å². The molecule has 1 N–H and O–H groups in total. The molecule has 0 saturated heterocycles. The zero-order valence-electron chi connectivity index (χ0n) is 13.7. The van der Waals surface area contributed by atoms with Crippen LogP contribution in [0.25, 0.3) is 0 Å². The topological polar surface area (TPSA) is 38.3 Å². The second-order valence-corrected chi connectivity index (χ2v) is 8.05. The summed E-state index contributed by atoms with van der Waals surface area (Å²) in [5, 5.41) is 4.90. The van der Waals surface area contributed by atoms with E-state index in [4.69, 9.17) is 4.74 Å². The Labute approximate surface area is 134 Å². The molecular formula is C17H31NO2S. The van der Waals surface area contributed by atoms with E-state index in [0.717, 1.165) is 31.1 Å². The molecule has 2 unspecified atom stereocenters. The molecule has 2 saturated carbocycles. The van der Waals surface area contributed by atoms with Crippen molar-refractivity contribution in [3.8, 4) is 0 Å². The van der Waals surface area contributed by atoms with Gasteiger partial charge in [0.05, 0.1) is 6.61 Å². The lowest BCUT2D eigenvalue weighted by molar-refractivity contribution is -0.152. The van der Waals surface area contributed by atoms with Crippen molar-refractivity contribution >= 4 is 17.7 Å². The van der Waals surface area contributed by atoms with Gasteiger partial charge in [-0.05, 0) is 52.0 Å². The fourth-order valence-corrected chi connectivity index (χ4v) is 5.67. The molecule has 2 atom stereocenters. The number of rotatable bonds is 6. The fraction of sp³-hybridized carbons (Fsp3) is 0.941. The Morgan fingerprint density at radius 1 is 1.14 bits per heavy atom. The summed E-state index contributed by atoms with van der Waals surface area (Å²) >= 11 is 2.16. The summed E-state index contributed by atoms with van der Waals surface area (Å²) in [6.07, 6.45) is 11.2. The molecule has 122 valence electrons. The monoisotopic (exact) mass is 313 g/mol. The second-order valence-electron chi connectivity index (χ2n) is 6.45. The first-order valence-corrected chi connectivity index (χ1v) is 9.72. The summed E-state index contributed by atoms with van der Waals surface area (Å²) in [7, 11) is 0. The van der Waals surface area contributed by atoms with Crippen LogP contribution in [-0.4, -0.2) is 35.2 Å². The van der Waals surface area contributed by atoms with Crippen molar-refractivity contribution < 1.29 is 9.53 Å². The van der Waals surface area contributed by atoms with Crippen LogP contribution >= 0.6 is 11.8 Å². The fourth-order valence-electron chi connectivity index (χ4n) is 3.84. The van der Waals surface area contributed by atoms with Gasteiger partial charge in [-0.15, -0.1) is 0 Å². The molecule has 2 aliphatic carbocycles. The van der Waals surface area contributed by atoms with Gasteiger partial charge in [-0.25, -0.2) is 0 Å². The third kappa shape index (κ3) is 4.62. The van der Waals surface area contributed by atoms with Crippen molar-refractivity contribution in [1.82, 2.24) is 5.32 Å². The number of hydrogen-bond donors (Lipinski definition) is 1. The SMILES string of the molecule is CCNC1(C(=O)OCC)CCCC(SC2CCCCC2)C1. The van der Waals surface area contributed by atoms with Crippen LogP contribution in [-0.2, 0) is 9.53 Å². The number of carbonyl (C=O) groups is 1. The van der Waals surface area contributed by atoms with E-state index in [2.05, 4.69) is 24.0 Å². The minimum absolute atomic E-state index is 0.0270. The van der Waals surface area contributed by atoms with E-state index in [-0.39, 0.29) is 5.97 Å². The molecule has 0 heterocycles. The summed E-state index contributed by atoms with van der Waals surface area (Å²) in [6, 6.07) is 0. The molecule has 0 radical (unpaired) electrons. The summed E-state index contributed by atoms with van der Waals surface area (Å²) < 4.78 is 5.36. The van der Waals surface area contributed by atoms with Gasteiger partial charge < -0.3 is 10.1 Å². The largest absolute Gasteiger partial charge is 0.465 e. The quantitative estimate of drug-likeness (QED) is 0.755. The van der Waals surface area contributed by atoms with Crippen molar-refractivity contribution in [2.45, 2.75) is 87.7 Å². The van der Waals surface area contributed by atoms with Gasteiger partial charge in [0, 0.05) is 10.5 Å². The van der Waals surface area contributed by atoms with Crippen molar-refractivity contribution in [3.05, 3.63) is 0 Å². The molecule has 4 heteroatoms. The minimum atomic E-state index is -0.421. The normalized spacial score (nSPS) is 31.0. The molecule has 3 nitrogen and oxygen atoms in total. The third-order valence-electron chi connectivity index (χ3n) is 4.82. The molecule has 0 amide bonds. The van der Waals surface area contributed by atoms with Gasteiger partial charge in [-0.2, -0.15) is 11.8 Å². The number of nitrogens with one attached hydrogen (secondary N) is 1. The van der Waals surface area contributed by atoms with Crippen LogP contribution in [0, 0.1) is 0 Å². The Morgan fingerprint density at radius 3 is 2.52 bits per heavy atom. The van der Waals surface area contributed by atoms with Gasteiger partial charge in [0.1, 0.15) is 5.54 Å². The van der Waals surface area contributed by atoms with Crippen LogP contribution < -0.4 is 5.32 Å². The predicted molar refractivity (Wildman–Crippen MR) is 89.8 cm³/mol. The van der Waals surface area contributed by atoms with Crippen LogP contribution in [0.15, 0.2) is 0 Å². The van der Waals surface area contributed by atoms with E-state index in [9.17, 15) is 4.79 Å². The first-order chi connectivity index (χ1) is 10.2. The maximum atomic E-state index is 12.5. The molecule has 0 aliphatic heterocycles. The van der Waals surface area contributed by atoms with E-state index in [0.29, 0.717) is 11.9 Å². The first kappa shape index (κ1) is 17.1. The highest BCUT2D eigenvalue weighted by Gasteiger charge is 2.44. The van der Waals surface area contributed by atoms with Crippen molar-refractivity contribution in [3.63, 3.8) is 0 Å². The van der Waals surface area contributed by atoms with Gasteiger partial charge in [-0.1, -0.05) is 26.2 Å². The Hall–Kier alpha value is -0.220. The van der Waals surface area contributed by atoms with E-state index in [1.165, 1.54) is 38.5 Å². The molecule has 0 aromatic heterocycles. The lowest BCUT2D eigenvalue weighted by Crippen LogP contribution is -2.56. The van der Waals surface area contributed by atoms with Crippen LogP contribution in [0.1, 0.15) is 71.6 Å². The van der Waals surface area contributed by atoms with Gasteiger partial charge in [0.2, 0.25) is 0 Å². The number of carbonyl (C=O) groups excluding carboxylic acids is 1. The number of esters is 1. The molecule has 0 spiro atoms. The van der Waals surface area contributed by atoms with Crippen molar-refractivity contribution in [2.24, 2.45) is 0 Å². The third-order valence-corrected chi connectivity index (χ3v) is 6.47. The van der Waals surface area contributed by atoms with Gasteiger partial charge in [-0.3, -0.25) is 4.79 Å². The molecule has 2 rings (SSSR count). The minimum Gasteiger partial charge on any atom is -0.465 e. The van der Waals surface area contributed by atoms with Gasteiger partial charge in [0.25, 0.3) is 0 Å².